The summed E-state index contributed by atoms with van der Waals surface area (Å²) in [6.45, 7) is 1.97. The zero-order chi connectivity index (χ0) is 13.7. The number of anilines is 1. The molecule has 1 aromatic rings. The van der Waals surface area contributed by atoms with Crippen LogP contribution in [0.1, 0.15) is 19.8 Å². The number of nitro groups is 1. The van der Waals surface area contributed by atoms with Crippen LogP contribution in [0.2, 0.25) is 10.0 Å². The van der Waals surface area contributed by atoms with E-state index in [2.05, 4.69) is 11.2 Å². The molecule has 0 aliphatic carbocycles. The maximum Gasteiger partial charge on any atom is 0.272 e. The number of halogens is 2. The summed E-state index contributed by atoms with van der Waals surface area (Å²) in [7, 11) is 0. The zero-order valence-electron chi connectivity index (χ0n) is 9.74. The maximum absolute atomic E-state index is 10.6. The summed E-state index contributed by atoms with van der Waals surface area (Å²) in [6, 6.07) is 2.56. The van der Waals surface area contributed by atoms with E-state index in [9.17, 15) is 10.1 Å². The van der Waals surface area contributed by atoms with E-state index >= 15 is 0 Å². The number of hydrogen-bond donors (Lipinski definition) is 1. The first-order valence-corrected chi connectivity index (χ1v) is 6.08. The predicted octanol–water partition coefficient (Wildman–Crippen LogP) is 4.12. The van der Waals surface area contributed by atoms with Crippen LogP contribution < -0.4 is 5.32 Å². The number of nitro benzene ring substituents is 1. The van der Waals surface area contributed by atoms with Crippen molar-refractivity contribution in [3.8, 4) is 12.3 Å². The molecule has 1 unspecified atom stereocenters. The summed E-state index contributed by atoms with van der Waals surface area (Å²) in [5.41, 5.74) is 0.339. The van der Waals surface area contributed by atoms with Crippen LogP contribution in [0.15, 0.2) is 12.1 Å². The highest BCUT2D eigenvalue weighted by atomic mass is 35.5. The van der Waals surface area contributed by atoms with Crippen molar-refractivity contribution in [2.75, 3.05) is 5.32 Å². The number of nitrogens with zero attached hydrogens (tertiary/aromatic N) is 1. The molecule has 0 bridgehead atoms. The van der Waals surface area contributed by atoms with Crippen molar-refractivity contribution in [1.29, 1.82) is 0 Å². The Kier molecular flexibility index (Phi) is 5.26. The monoisotopic (exact) mass is 286 g/mol. The standard InChI is InChI=1S/C12H12Cl2N2O2/c1-3-5-8(4-2)15-12-10(13)6-9(16(17)18)7-11(12)14/h1,6-8,15H,4-5H2,2H3. The summed E-state index contributed by atoms with van der Waals surface area (Å²) in [5, 5.41) is 14.2. The van der Waals surface area contributed by atoms with E-state index in [1.54, 1.807) is 0 Å². The largest absolute Gasteiger partial charge is 0.379 e. The van der Waals surface area contributed by atoms with Crippen molar-refractivity contribution in [3.05, 3.63) is 32.3 Å². The average Bonchev–Trinajstić information content (AvgIpc) is 2.31. The predicted molar refractivity (Wildman–Crippen MR) is 74.3 cm³/mol. The van der Waals surface area contributed by atoms with E-state index in [0.29, 0.717) is 12.1 Å². The molecule has 0 aliphatic heterocycles. The first-order valence-electron chi connectivity index (χ1n) is 5.33. The molecule has 1 N–H and O–H groups in total. The average molecular weight is 287 g/mol. The minimum absolute atomic E-state index is 0.0338. The third kappa shape index (κ3) is 3.52. The quantitative estimate of drug-likeness (QED) is 0.503. The fraction of sp³-hybridized carbons (Fsp3) is 0.333. The van der Waals surface area contributed by atoms with Crippen LogP contribution in [0.3, 0.4) is 0 Å². The molecule has 0 saturated carbocycles. The van der Waals surface area contributed by atoms with E-state index < -0.39 is 4.92 Å². The van der Waals surface area contributed by atoms with Crippen molar-refractivity contribution in [3.63, 3.8) is 0 Å². The zero-order valence-corrected chi connectivity index (χ0v) is 11.3. The second-order valence-electron chi connectivity index (χ2n) is 3.70. The van der Waals surface area contributed by atoms with Gasteiger partial charge in [0.2, 0.25) is 0 Å². The third-order valence-electron chi connectivity index (χ3n) is 2.44. The van der Waals surface area contributed by atoms with Gasteiger partial charge in [-0.3, -0.25) is 10.1 Å². The lowest BCUT2D eigenvalue weighted by atomic mass is 10.1. The van der Waals surface area contributed by atoms with Gasteiger partial charge in [-0.15, -0.1) is 12.3 Å². The van der Waals surface area contributed by atoms with Gasteiger partial charge in [0.25, 0.3) is 5.69 Å². The summed E-state index contributed by atoms with van der Waals surface area (Å²) in [5.74, 6) is 2.55. The number of nitrogens with one attached hydrogen (secondary N) is 1. The fourth-order valence-corrected chi connectivity index (χ4v) is 2.03. The van der Waals surface area contributed by atoms with Crippen LogP contribution >= 0.6 is 23.2 Å². The molecule has 6 heteroatoms. The summed E-state index contributed by atoms with van der Waals surface area (Å²) < 4.78 is 0. The number of hydrogen-bond acceptors (Lipinski definition) is 3. The van der Waals surface area contributed by atoms with Crippen molar-refractivity contribution >= 4 is 34.6 Å². The van der Waals surface area contributed by atoms with Gasteiger partial charge in [-0.1, -0.05) is 30.1 Å². The van der Waals surface area contributed by atoms with Crippen molar-refractivity contribution in [1.82, 2.24) is 0 Å². The van der Waals surface area contributed by atoms with E-state index in [-0.39, 0.29) is 21.8 Å². The van der Waals surface area contributed by atoms with Crippen molar-refractivity contribution in [2.24, 2.45) is 0 Å². The Morgan fingerprint density at radius 1 is 1.50 bits per heavy atom. The molecule has 1 atom stereocenters. The highest BCUT2D eigenvalue weighted by molar-refractivity contribution is 6.39. The lowest BCUT2D eigenvalue weighted by molar-refractivity contribution is -0.384. The van der Waals surface area contributed by atoms with Crippen LogP contribution in [0.4, 0.5) is 11.4 Å². The van der Waals surface area contributed by atoms with Gasteiger partial charge in [0.05, 0.1) is 20.7 Å². The number of non-ortho nitro benzene ring substituents is 1. The summed E-state index contributed by atoms with van der Waals surface area (Å²) in [6.07, 6.45) is 6.58. The minimum atomic E-state index is -0.541. The molecule has 96 valence electrons. The van der Waals surface area contributed by atoms with Gasteiger partial charge in [0, 0.05) is 24.6 Å². The SMILES string of the molecule is C#CCC(CC)Nc1c(Cl)cc([N+](=O)[O-])cc1Cl. The Morgan fingerprint density at radius 2 is 2.06 bits per heavy atom. The van der Waals surface area contributed by atoms with E-state index in [1.165, 1.54) is 12.1 Å². The van der Waals surface area contributed by atoms with E-state index in [0.717, 1.165) is 6.42 Å². The lowest BCUT2D eigenvalue weighted by Crippen LogP contribution is -2.18. The number of benzene rings is 1. The molecule has 0 aromatic heterocycles. The smallest absolute Gasteiger partial charge is 0.272 e. The van der Waals surface area contributed by atoms with Crippen LogP contribution in [0.25, 0.3) is 0 Å². The first kappa shape index (κ1) is 14.6. The summed E-state index contributed by atoms with van der Waals surface area (Å²) >= 11 is 12.0. The van der Waals surface area contributed by atoms with Crippen LogP contribution in [-0.4, -0.2) is 11.0 Å². The second kappa shape index (κ2) is 6.48. The van der Waals surface area contributed by atoms with Gasteiger partial charge >= 0.3 is 0 Å². The topological polar surface area (TPSA) is 55.2 Å². The Bertz CT molecular complexity index is 474. The second-order valence-corrected chi connectivity index (χ2v) is 4.51. The molecule has 0 amide bonds. The van der Waals surface area contributed by atoms with Gasteiger partial charge in [-0.25, -0.2) is 0 Å². The van der Waals surface area contributed by atoms with Crippen LogP contribution in [0, 0.1) is 22.5 Å². The first-order chi connectivity index (χ1) is 8.49. The molecule has 4 nitrogen and oxygen atoms in total. The number of rotatable bonds is 5. The van der Waals surface area contributed by atoms with Crippen LogP contribution in [0.5, 0.6) is 0 Å². The van der Waals surface area contributed by atoms with Gasteiger partial charge in [-0.05, 0) is 6.42 Å². The van der Waals surface area contributed by atoms with Gasteiger partial charge in [0.1, 0.15) is 0 Å². The van der Waals surface area contributed by atoms with E-state index in [1.807, 2.05) is 6.92 Å². The molecular weight excluding hydrogens is 275 g/mol. The highest BCUT2D eigenvalue weighted by Gasteiger charge is 2.16. The van der Waals surface area contributed by atoms with Crippen molar-refractivity contribution in [2.45, 2.75) is 25.8 Å². The highest BCUT2D eigenvalue weighted by Crippen LogP contribution is 2.35. The minimum Gasteiger partial charge on any atom is -0.379 e. The molecule has 1 aromatic carbocycles. The molecule has 0 aliphatic rings. The lowest BCUT2D eigenvalue weighted by Gasteiger charge is -2.17. The van der Waals surface area contributed by atoms with E-state index in [4.69, 9.17) is 29.6 Å². The Labute approximate surface area is 115 Å². The molecule has 18 heavy (non-hydrogen) atoms. The molecule has 1 rings (SSSR count). The molecule has 0 saturated heterocycles. The van der Waals surface area contributed by atoms with Crippen LogP contribution in [-0.2, 0) is 0 Å². The Hall–Kier alpha value is -1.44. The van der Waals surface area contributed by atoms with Gasteiger partial charge in [-0.2, -0.15) is 0 Å². The summed E-state index contributed by atoms with van der Waals surface area (Å²) in [4.78, 5) is 10.1. The Balaban J connectivity index is 3.03. The fourth-order valence-electron chi connectivity index (χ4n) is 1.45. The molecule has 0 heterocycles. The maximum atomic E-state index is 10.6. The van der Waals surface area contributed by atoms with Gasteiger partial charge in [0.15, 0.2) is 0 Å². The van der Waals surface area contributed by atoms with Crippen molar-refractivity contribution < 1.29 is 4.92 Å². The normalized spacial score (nSPS) is 11.7. The molecule has 0 radical (unpaired) electrons. The number of terminal acetylenes is 1. The molecule has 0 spiro atoms. The molecular formula is C12H12Cl2N2O2. The van der Waals surface area contributed by atoms with Gasteiger partial charge < -0.3 is 5.32 Å². The Morgan fingerprint density at radius 3 is 2.44 bits per heavy atom. The third-order valence-corrected chi connectivity index (χ3v) is 3.04. The molecule has 0 fully saturated rings.